The Labute approximate surface area is 199 Å². The highest BCUT2D eigenvalue weighted by Gasteiger charge is 2.11. The van der Waals surface area contributed by atoms with E-state index in [2.05, 4.69) is 66.7 Å². The lowest BCUT2D eigenvalue weighted by Gasteiger charge is -2.16. The van der Waals surface area contributed by atoms with Crippen LogP contribution in [0.15, 0.2) is 60.9 Å². The van der Waals surface area contributed by atoms with Gasteiger partial charge in [-0.2, -0.15) is 0 Å². The molecule has 0 aliphatic rings. The molecule has 5 nitrogen and oxygen atoms in total. The van der Waals surface area contributed by atoms with Crippen LogP contribution in [0.5, 0.6) is 0 Å². The van der Waals surface area contributed by atoms with E-state index in [0.29, 0.717) is 44.0 Å². The SMILES string of the molecule is C=C(NCC(=O)C[C@H](C)c1ccccc1)NCc1ccc(NCCC(=O)CCC)c(CC)c1. The van der Waals surface area contributed by atoms with Gasteiger partial charge in [-0.1, -0.05) is 69.8 Å². The molecule has 0 saturated carbocycles. The Morgan fingerprint density at radius 1 is 0.970 bits per heavy atom. The van der Waals surface area contributed by atoms with E-state index < -0.39 is 0 Å². The zero-order valence-corrected chi connectivity index (χ0v) is 20.4. The predicted molar refractivity (Wildman–Crippen MR) is 137 cm³/mol. The van der Waals surface area contributed by atoms with Gasteiger partial charge in [-0.05, 0) is 41.5 Å². The van der Waals surface area contributed by atoms with E-state index in [4.69, 9.17) is 0 Å². The summed E-state index contributed by atoms with van der Waals surface area (Å²) in [6.07, 6.45) is 3.54. The topological polar surface area (TPSA) is 70.2 Å². The fraction of sp³-hybridized carbons (Fsp3) is 0.429. The molecule has 3 N–H and O–H groups in total. The van der Waals surface area contributed by atoms with Crippen molar-refractivity contribution in [2.24, 2.45) is 0 Å². The summed E-state index contributed by atoms with van der Waals surface area (Å²) in [6, 6.07) is 16.4. The maximum atomic E-state index is 12.3. The lowest BCUT2D eigenvalue weighted by Crippen LogP contribution is -2.30. The van der Waals surface area contributed by atoms with Crippen molar-refractivity contribution >= 4 is 17.3 Å². The molecule has 0 heterocycles. The van der Waals surface area contributed by atoms with E-state index in [-0.39, 0.29) is 18.2 Å². The Morgan fingerprint density at radius 3 is 2.42 bits per heavy atom. The molecule has 2 rings (SSSR count). The van der Waals surface area contributed by atoms with Crippen LogP contribution in [0, 0.1) is 0 Å². The first-order valence-electron chi connectivity index (χ1n) is 12.0. The van der Waals surface area contributed by atoms with Crippen LogP contribution in [-0.4, -0.2) is 24.7 Å². The van der Waals surface area contributed by atoms with Crippen molar-refractivity contribution in [3.8, 4) is 0 Å². The first kappa shape index (κ1) is 26.2. The van der Waals surface area contributed by atoms with E-state index >= 15 is 0 Å². The molecule has 5 heteroatoms. The Morgan fingerprint density at radius 2 is 1.73 bits per heavy atom. The summed E-state index contributed by atoms with van der Waals surface area (Å²) in [7, 11) is 0. The second-order valence-electron chi connectivity index (χ2n) is 8.55. The molecular formula is C28H39N3O2. The first-order chi connectivity index (χ1) is 15.9. The Kier molecular flexibility index (Phi) is 11.2. The van der Waals surface area contributed by atoms with Gasteiger partial charge in [0.15, 0.2) is 5.78 Å². The second kappa shape index (κ2) is 14.1. The van der Waals surface area contributed by atoms with Gasteiger partial charge >= 0.3 is 0 Å². The molecule has 178 valence electrons. The molecule has 0 amide bonds. The molecule has 2 aromatic rings. The van der Waals surface area contributed by atoms with Crippen molar-refractivity contribution in [3.63, 3.8) is 0 Å². The Balaban J connectivity index is 1.75. The van der Waals surface area contributed by atoms with Crippen LogP contribution in [0.2, 0.25) is 0 Å². The number of carbonyl (C=O) groups is 2. The van der Waals surface area contributed by atoms with Crippen molar-refractivity contribution in [2.75, 3.05) is 18.4 Å². The fourth-order valence-corrected chi connectivity index (χ4v) is 3.75. The minimum atomic E-state index is 0.162. The first-order valence-corrected chi connectivity index (χ1v) is 12.0. The smallest absolute Gasteiger partial charge is 0.152 e. The number of Topliss-reactive ketones (excluding diaryl/α,β-unsaturated/α-hetero) is 2. The van der Waals surface area contributed by atoms with Crippen LogP contribution in [-0.2, 0) is 22.6 Å². The molecule has 0 bridgehead atoms. The quantitative estimate of drug-likeness (QED) is 0.323. The van der Waals surface area contributed by atoms with Crippen molar-refractivity contribution in [2.45, 2.75) is 65.3 Å². The predicted octanol–water partition coefficient (Wildman–Crippen LogP) is 5.33. The van der Waals surface area contributed by atoms with Gasteiger partial charge in [0.1, 0.15) is 5.78 Å². The maximum absolute atomic E-state index is 12.3. The average Bonchev–Trinajstić information content (AvgIpc) is 2.82. The van der Waals surface area contributed by atoms with E-state index in [1.54, 1.807) is 0 Å². The molecule has 0 aliphatic heterocycles. The lowest BCUT2D eigenvalue weighted by atomic mass is 9.96. The molecule has 0 spiro atoms. The van der Waals surface area contributed by atoms with Crippen molar-refractivity contribution in [3.05, 3.63) is 77.6 Å². The number of aryl methyl sites for hydroxylation is 1. The molecule has 0 unspecified atom stereocenters. The van der Waals surface area contributed by atoms with Crippen LogP contribution in [0.25, 0.3) is 0 Å². The molecule has 0 radical (unpaired) electrons. The number of carbonyl (C=O) groups excluding carboxylic acids is 2. The highest BCUT2D eigenvalue weighted by atomic mass is 16.1. The van der Waals surface area contributed by atoms with Crippen molar-refractivity contribution in [1.29, 1.82) is 0 Å². The number of rotatable bonds is 16. The number of hydrogen-bond acceptors (Lipinski definition) is 5. The van der Waals surface area contributed by atoms with Crippen LogP contribution in [0.3, 0.4) is 0 Å². The number of benzene rings is 2. The summed E-state index contributed by atoms with van der Waals surface area (Å²) in [5.41, 5.74) is 4.63. The third-order valence-corrected chi connectivity index (χ3v) is 5.71. The zero-order chi connectivity index (χ0) is 24.1. The third-order valence-electron chi connectivity index (χ3n) is 5.71. The van der Waals surface area contributed by atoms with Gasteiger partial charge in [-0.3, -0.25) is 9.59 Å². The number of hydrogen-bond donors (Lipinski definition) is 3. The van der Waals surface area contributed by atoms with Gasteiger partial charge in [0.05, 0.1) is 12.4 Å². The summed E-state index contributed by atoms with van der Waals surface area (Å²) in [4.78, 5) is 24.1. The van der Waals surface area contributed by atoms with E-state index in [9.17, 15) is 9.59 Å². The molecule has 2 aromatic carbocycles. The zero-order valence-electron chi connectivity index (χ0n) is 20.4. The Bertz CT molecular complexity index is 909. The molecule has 1 atom stereocenters. The third kappa shape index (κ3) is 9.52. The van der Waals surface area contributed by atoms with Gasteiger partial charge < -0.3 is 16.0 Å². The van der Waals surface area contributed by atoms with Gasteiger partial charge in [0.25, 0.3) is 0 Å². The molecular weight excluding hydrogens is 410 g/mol. The molecule has 0 saturated heterocycles. The minimum absolute atomic E-state index is 0.162. The molecule has 0 aliphatic carbocycles. The molecule has 0 fully saturated rings. The normalized spacial score (nSPS) is 11.5. The summed E-state index contributed by atoms with van der Waals surface area (Å²) in [5, 5.41) is 9.76. The van der Waals surface area contributed by atoms with E-state index in [1.807, 2.05) is 25.1 Å². The van der Waals surface area contributed by atoms with Gasteiger partial charge in [-0.15, -0.1) is 0 Å². The highest BCUT2D eigenvalue weighted by molar-refractivity contribution is 5.81. The van der Waals surface area contributed by atoms with Crippen molar-refractivity contribution in [1.82, 2.24) is 10.6 Å². The van der Waals surface area contributed by atoms with Crippen LogP contribution >= 0.6 is 0 Å². The van der Waals surface area contributed by atoms with Gasteiger partial charge in [0, 0.05) is 38.0 Å². The van der Waals surface area contributed by atoms with Crippen LogP contribution in [0.4, 0.5) is 5.69 Å². The minimum Gasteiger partial charge on any atom is -0.384 e. The number of nitrogens with one attached hydrogen (secondary N) is 3. The summed E-state index contributed by atoms with van der Waals surface area (Å²) >= 11 is 0. The van der Waals surface area contributed by atoms with Gasteiger partial charge in [0.2, 0.25) is 0 Å². The highest BCUT2D eigenvalue weighted by Crippen LogP contribution is 2.19. The summed E-state index contributed by atoms with van der Waals surface area (Å²) in [5.74, 6) is 1.31. The molecule has 33 heavy (non-hydrogen) atoms. The summed E-state index contributed by atoms with van der Waals surface area (Å²) < 4.78 is 0. The second-order valence-corrected chi connectivity index (χ2v) is 8.55. The number of ketones is 2. The monoisotopic (exact) mass is 449 g/mol. The average molecular weight is 450 g/mol. The maximum Gasteiger partial charge on any atom is 0.152 e. The van der Waals surface area contributed by atoms with Gasteiger partial charge in [-0.25, -0.2) is 0 Å². The standard InChI is InChI=1S/C28H39N3O2/c1-5-10-26(32)15-16-29-28-14-13-23(18-24(28)6-2)19-30-22(4)31-20-27(33)17-21(3)25-11-8-7-9-12-25/h7-9,11-14,18,21,29-31H,4-6,10,15-17,19-20H2,1-3H3/t21-/m0/s1. The fourth-order valence-electron chi connectivity index (χ4n) is 3.75. The number of anilines is 1. The van der Waals surface area contributed by atoms with E-state index in [0.717, 1.165) is 24.1 Å². The summed E-state index contributed by atoms with van der Waals surface area (Å²) in [6.45, 7) is 11.8. The lowest BCUT2D eigenvalue weighted by molar-refractivity contribution is -0.119. The Hall–Kier alpha value is -3.08. The largest absolute Gasteiger partial charge is 0.384 e. The molecule has 0 aromatic heterocycles. The van der Waals surface area contributed by atoms with E-state index in [1.165, 1.54) is 11.1 Å². The van der Waals surface area contributed by atoms with Crippen molar-refractivity contribution < 1.29 is 9.59 Å². The van der Waals surface area contributed by atoms with Crippen LogP contribution < -0.4 is 16.0 Å². The van der Waals surface area contributed by atoms with Crippen LogP contribution in [0.1, 0.15) is 69.1 Å².